The fourth-order valence-electron chi connectivity index (χ4n) is 1.59. The predicted molar refractivity (Wildman–Crippen MR) is 74.3 cm³/mol. The van der Waals surface area contributed by atoms with Gasteiger partial charge >= 0.3 is 6.18 Å². The van der Waals surface area contributed by atoms with Crippen LogP contribution in [0.4, 0.5) is 30.6 Å². The molecule has 0 aliphatic rings. The number of nitrogens with two attached hydrogens (primary N) is 1. The summed E-state index contributed by atoms with van der Waals surface area (Å²) in [7, 11) is 0. The molecule has 0 spiro atoms. The van der Waals surface area contributed by atoms with E-state index >= 15 is 0 Å². The first kappa shape index (κ1) is 15.3. The van der Waals surface area contributed by atoms with Crippen molar-refractivity contribution in [2.24, 2.45) is 5.84 Å². The average Bonchev–Trinajstić information content (AvgIpc) is 2.41. The summed E-state index contributed by atoms with van der Waals surface area (Å²) >= 11 is 5.98. The molecule has 0 aliphatic carbocycles. The van der Waals surface area contributed by atoms with Gasteiger partial charge in [-0.1, -0.05) is 17.7 Å². The Hall–Kier alpha value is -2.06. The summed E-state index contributed by atoms with van der Waals surface area (Å²) in [6.07, 6.45) is -4.61. The van der Waals surface area contributed by atoms with E-state index in [1.807, 2.05) is 12.3 Å². The van der Waals surface area contributed by atoms with Crippen LogP contribution < -0.4 is 16.6 Å². The topological polar surface area (TPSA) is 75.9 Å². The summed E-state index contributed by atoms with van der Waals surface area (Å²) in [5.41, 5.74) is 2.21. The van der Waals surface area contributed by atoms with E-state index in [4.69, 9.17) is 17.4 Å². The number of rotatable bonds is 3. The highest BCUT2D eigenvalue weighted by Gasteiger charge is 2.33. The van der Waals surface area contributed by atoms with Crippen molar-refractivity contribution in [3.63, 3.8) is 0 Å². The molecule has 1 aromatic carbocycles. The van der Waals surface area contributed by atoms with Gasteiger partial charge in [-0.05, 0) is 24.6 Å². The third kappa shape index (κ3) is 3.73. The van der Waals surface area contributed by atoms with Crippen LogP contribution in [0.3, 0.4) is 0 Å². The first-order chi connectivity index (χ1) is 9.79. The number of nitrogen functional groups attached to an aromatic ring is 1. The molecule has 0 saturated carbocycles. The lowest BCUT2D eigenvalue weighted by Crippen LogP contribution is -2.16. The maximum Gasteiger partial charge on any atom is 0.433 e. The number of aromatic nitrogens is 2. The van der Waals surface area contributed by atoms with E-state index in [-0.39, 0.29) is 11.8 Å². The van der Waals surface area contributed by atoms with Gasteiger partial charge in [0.25, 0.3) is 0 Å². The molecule has 21 heavy (non-hydrogen) atoms. The van der Waals surface area contributed by atoms with E-state index in [9.17, 15) is 13.2 Å². The standard InChI is InChI=1S/C12H11ClF3N5/c1-6-2-3-7(13)8(4-6)18-10-5-9(12(14,15)16)19-11(20-10)21-17/h2-5H,17H2,1H3,(H2,18,19,20,21). The van der Waals surface area contributed by atoms with Gasteiger partial charge in [-0.3, -0.25) is 5.43 Å². The molecule has 0 fully saturated rings. The Kier molecular flexibility index (Phi) is 4.19. The molecule has 2 aromatic rings. The van der Waals surface area contributed by atoms with Crippen molar-refractivity contribution in [3.05, 3.63) is 40.5 Å². The molecule has 1 heterocycles. The molecule has 0 unspecified atom stereocenters. The SMILES string of the molecule is Cc1ccc(Cl)c(Nc2cc(C(F)(F)F)nc(NN)n2)c1. The third-order valence-corrected chi connectivity index (χ3v) is 2.86. The smallest absolute Gasteiger partial charge is 0.339 e. The highest BCUT2D eigenvalue weighted by Crippen LogP contribution is 2.31. The van der Waals surface area contributed by atoms with Gasteiger partial charge in [0.15, 0.2) is 5.69 Å². The van der Waals surface area contributed by atoms with Gasteiger partial charge in [-0.15, -0.1) is 0 Å². The van der Waals surface area contributed by atoms with Gasteiger partial charge in [0, 0.05) is 6.07 Å². The Bertz CT molecular complexity index is 660. The minimum Gasteiger partial charge on any atom is -0.339 e. The third-order valence-electron chi connectivity index (χ3n) is 2.53. The van der Waals surface area contributed by atoms with Crippen molar-refractivity contribution < 1.29 is 13.2 Å². The molecular formula is C12H11ClF3N5. The molecule has 4 N–H and O–H groups in total. The van der Waals surface area contributed by atoms with Gasteiger partial charge in [0.2, 0.25) is 5.95 Å². The van der Waals surface area contributed by atoms with E-state index in [1.54, 1.807) is 18.2 Å². The van der Waals surface area contributed by atoms with E-state index in [2.05, 4.69) is 15.3 Å². The van der Waals surface area contributed by atoms with Crippen LogP contribution >= 0.6 is 11.6 Å². The number of alkyl halides is 3. The Morgan fingerprint density at radius 1 is 1.19 bits per heavy atom. The van der Waals surface area contributed by atoms with Crippen molar-refractivity contribution in [3.8, 4) is 0 Å². The van der Waals surface area contributed by atoms with Crippen LogP contribution in [0, 0.1) is 6.92 Å². The van der Waals surface area contributed by atoms with Gasteiger partial charge in [-0.2, -0.15) is 18.2 Å². The summed E-state index contributed by atoms with van der Waals surface area (Å²) in [5, 5.41) is 3.08. The number of hydrazine groups is 1. The molecule has 0 bridgehead atoms. The molecule has 0 atom stereocenters. The quantitative estimate of drug-likeness (QED) is 0.597. The summed E-state index contributed by atoms with van der Waals surface area (Å²) in [6.45, 7) is 1.83. The number of nitrogens with one attached hydrogen (secondary N) is 2. The Balaban J connectivity index is 2.42. The first-order valence-corrected chi connectivity index (χ1v) is 6.13. The van der Waals surface area contributed by atoms with Gasteiger partial charge in [-0.25, -0.2) is 10.8 Å². The average molecular weight is 318 g/mol. The van der Waals surface area contributed by atoms with Crippen molar-refractivity contribution in [2.45, 2.75) is 13.1 Å². The number of nitrogens with zero attached hydrogens (tertiary/aromatic N) is 2. The zero-order valence-corrected chi connectivity index (χ0v) is 11.5. The summed E-state index contributed by atoms with van der Waals surface area (Å²) in [6, 6.07) is 5.88. The molecule has 0 aliphatic heterocycles. The van der Waals surface area contributed by atoms with Crippen LogP contribution in [0.5, 0.6) is 0 Å². The fourth-order valence-corrected chi connectivity index (χ4v) is 1.76. The molecule has 2 rings (SSSR count). The van der Waals surface area contributed by atoms with Crippen LogP contribution in [0.15, 0.2) is 24.3 Å². The maximum atomic E-state index is 12.8. The summed E-state index contributed by atoms with van der Waals surface area (Å²) in [4.78, 5) is 7.07. The van der Waals surface area contributed by atoms with E-state index < -0.39 is 11.9 Å². The normalized spacial score (nSPS) is 11.3. The lowest BCUT2D eigenvalue weighted by Gasteiger charge is -2.12. The van der Waals surface area contributed by atoms with Crippen LogP contribution in [0.2, 0.25) is 5.02 Å². The van der Waals surface area contributed by atoms with Gasteiger partial charge in [0.1, 0.15) is 5.82 Å². The molecule has 1 aromatic heterocycles. The van der Waals surface area contributed by atoms with Gasteiger partial charge in [0.05, 0.1) is 10.7 Å². The van der Waals surface area contributed by atoms with E-state index in [0.717, 1.165) is 11.6 Å². The fraction of sp³-hybridized carbons (Fsp3) is 0.167. The Morgan fingerprint density at radius 2 is 1.90 bits per heavy atom. The molecule has 0 saturated heterocycles. The zero-order chi connectivity index (χ0) is 15.6. The predicted octanol–water partition coefficient (Wildman–Crippen LogP) is 3.49. The highest BCUT2D eigenvalue weighted by molar-refractivity contribution is 6.33. The minimum atomic E-state index is -4.61. The molecule has 112 valence electrons. The second-order valence-corrected chi connectivity index (χ2v) is 4.62. The van der Waals surface area contributed by atoms with Crippen LogP contribution in [0.25, 0.3) is 0 Å². The molecule has 0 amide bonds. The molecule has 5 nitrogen and oxygen atoms in total. The highest BCUT2D eigenvalue weighted by atomic mass is 35.5. The number of aryl methyl sites for hydroxylation is 1. The van der Waals surface area contributed by atoms with Crippen molar-refractivity contribution in [1.82, 2.24) is 9.97 Å². The second kappa shape index (κ2) is 5.74. The molecule has 9 heteroatoms. The number of halogens is 4. The number of anilines is 3. The van der Waals surface area contributed by atoms with E-state index in [0.29, 0.717) is 10.7 Å². The number of benzene rings is 1. The maximum absolute atomic E-state index is 12.8. The summed E-state index contributed by atoms with van der Waals surface area (Å²) < 4.78 is 38.3. The largest absolute Gasteiger partial charge is 0.433 e. The Morgan fingerprint density at radius 3 is 2.52 bits per heavy atom. The minimum absolute atomic E-state index is 0.0715. The number of hydrogen-bond donors (Lipinski definition) is 3. The molecular weight excluding hydrogens is 307 g/mol. The zero-order valence-electron chi connectivity index (χ0n) is 10.8. The van der Waals surface area contributed by atoms with Crippen molar-refractivity contribution >= 4 is 29.1 Å². The van der Waals surface area contributed by atoms with Gasteiger partial charge < -0.3 is 5.32 Å². The van der Waals surface area contributed by atoms with Crippen molar-refractivity contribution in [2.75, 3.05) is 10.7 Å². The first-order valence-electron chi connectivity index (χ1n) is 5.75. The Labute approximate surface area is 123 Å². The number of hydrogen-bond acceptors (Lipinski definition) is 5. The van der Waals surface area contributed by atoms with Crippen LogP contribution in [-0.2, 0) is 6.18 Å². The van der Waals surface area contributed by atoms with Crippen LogP contribution in [-0.4, -0.2) is 9.97 Å². The lowest BCUT2D eigenvalue weighted by molar-refractivity contribution is -0.141. The molecule has 0 radical (unpaired) electrons. The van der Waals surface area contributed by atoms with E-state index in [1.165, 1.54) is 0 Å². The van der Waals surface area contributed by atoms with Crippen molar-refractivity contribution in [1.29, 1.82) is 0 Å². The lowest BCUT2D eigenvalue weighted by atomic mass is 10.2. The van der Waals surface area contributed by atoms with Crippen LogP contribution in [0.1, 0.15) is 11.3 Å². The summed E-state index contributed by atoms with van der Waals surface area (Å²) in [5.74, 6) is 4.66. The monoisotopic (exact) mass is 317 g/mol. The second-order valence-electron chi connectivity index (χ2n) is 4.21.